The number of fused-ring (bicyclic) bond motifs is 1. The lowest BCUT2D eigenvalue weighted by Gasteiger charge is -2.28. The summed E-state index contributed by atoms with van der Waals surface area (Å²) in [5.74, 6) is -0.151. The van der Waals surface area contributed by atoms with E-state index < -0.39 is 6.04 Å². The molecule has 4 N–H and O–H groups in total. The van der Waals surface area contributed by atoms with Gasteiger partial charge in [0.2, 0.25) is 0 Å². The molecule has 6 heteroatoms. The van der Waals surface area contributed by atoms with Crippen molar-refractivity contribution in [3.63, 3.8) is 0 Å². The molecule has 6 nitrogen and oxygen atoms in total. The summed E-state index contributed by atoms with van der Waals surface area (Å²) in [6.45, 7) is 2.67. The number of H-pyrrole nitrogens is 1. The van der Waals surface area contributed by atoms with E-state index in [1.807, 2.05) is 35.5 Å². The van der Waals surface area contributed by atoms with Crippen LogP contribution in [0.1, 0.15) is 5.56 Å². The summed E-state index contributed by atoms with van der Waals surface area (Å²) in [6, 6.07) is 7.45. The molecule has 1 amide bonds. The highest BCUT2D eigenvalue weighted by molar-refractivity contribution is 5.85. The number of hydrazine groups is 1. The molecular formula is C15H20N4O2. The predicted octanol–water partition coefficient (Wildman–Crippen LogP) is 0.401. The third-order valence-electron chi connectivity index (χ3n) is 3.73. The monoisotopic (exact) mass is 288 g/mol. The molecule has 0 unspecified atom stereocenters. The first-order chi connectivity index (χ1) is 10.2. The minimum absolute atomic E-state index is 0.151. The van der Waals surface area contributed by atoms with Crippen molar-refractivity contribution in [3.05, 3.63) is 36.0 Å². The molecule has 0 bridgehead atoms. The number of aromatic nitrogens is 1. The number of ether oxygens (including phenoxy) is 1. The van der Waals surface area contributed by atoms with E-state index in [1.54, 1.807) is 0 Å². The Morgan fingerprint density at radius 1 is 1.38 bits per heavy atom. The van der Waals surface area contributed by atoms with Gasteiger partial charge in [0, 0.05) is 30.2 Å². The first-order valence-electron chi connectivity index (χ1n) is 7.18. The van der Waals surface area contributed by atoms with Gasteiger partial charge in [-0.25, -0.2) is 5.01 Å². The topological polar surface area (TPSA) is 83.4 Å². The van der Waals surface area contributed by atoms with Gasteiger partial charge in [-0.05, 0) is 18.1 Å². The van der Waals surface area contributed by atoms with Crippen LogP contribution in [0.2, 0.25) is 0 Å². The number of nitrogens with one attached hydrogen (secondary N) is 2. The highest BCUT2D eigenvalue weighted by Gasteiger charge is 2.19. The molecule has 1 atom stereocenters. The molecule has 1 aromatic heterocycles. The van der Waals surface area contributed by atoms with Crippen LogP contribution in [0, 0.1) is 0 Å². The van der Waals surface area contributed by atoms with Crippen LogP contribution in [-0.2, 0) is 16.0 Å². The largest absolute Gasteiger partial charge is 0.379 e. The van der Waals surface area contributed by atoms with E-state index >= 15 is 0 Å². The van der Waals surface area contributed by atoms with Crippen molar-refractivity contribution in [1.82, 2.24) is 15.4 Å². The Balaban J connectivity index is 1.62. The molecule has 1 aliphatic rings. The van der Waals surface area contributed by atoms with E-state index in [1.165, 1.54) is 0 Å². The molecule has 21 heavy (non-hydrogen) atoms. The zero-order valence-corrected chi connectivity index (χ0v) is 11.8. The SMILES string of the molecule is N[C@@H](Cc1c[nH]c2ccccc12)C(=O)NN1CCOCC1. The molecule has 0 saturated carbocycles. The summed E-state index contributed by atoms with van der Waals surface area (Å²) >= 11 is 0. The standard InChI is InChI=1S/C15H20N4O2/c16-13(15(20)18-19-5-7-21-8-6-19)9-11-10-17-14-4-2-1-3-12(11)14/h1-4,10,13,17H,5-9,16H2,(H,18,20)/t13-/m0/s1. The second kappa shape index (κ2) is 6.26. The van der Waals surface area contributed by atoms with Gasteiger partial charge in [0.1, 0.15) is 0 Å². The summed E-state index contributed by atoms with van der Waals surface area (Å²) < 4.78 is 5.25. The second-order valence-electron chi connectivity index (χ2n) is 5.25. The third kappa shape index (κ3) is 3.24. The van der Waals surface area contributed by atoms with Crippen LogP contribution in [0.5, 0.6) is 0 Å². The van der Waals surface area contributed by atoms with Crippen LogP contribution in [0.3, 0.4) is 0 Å². The summed E-state index contributed by atoms with van der Waals surface area (Å²) in [5, 5.41) is 2.98. The van der Waals surface area contributed by atoms with Crippen molar-refractivity contribution in [2.45, 2.75) is 12.5 Å². The molecule has 1 fully saturated rings. The van der Waals surface area contributed by atoms with Crippen molar-refractivity contribution >= 4 is 16.8 Å². The lowest BCUT2D eigenvalue weighted by atomic mass is 10.1. The number of hydrogen-bond acceptors (Lipinski definition) is 4. The van der Waals surface area contributed by atoms with Gasteiger partial charge in [0.05, 0.1) is 19.3 Å². The van der Waals surface area contributed by atoms with E-state index in [0.717, 1.165) is 16.5 Å². The summed E-state index contributed by atoms with van der Waals surface area (Å²) in [5.41, 5.74) is 11.0. The minimum atomic E-state index is -0.563. The Bertz CT molecular complexity index is 619. The number of nitrogens with zero attached hydrogens (tertiary/aromatic N) is 1. The number of morpholine rings is 1. The van der Waals surface area contributed by atoms with E-state index in [-0.39, 0.29) is 5.91 Å². The smallest absolute Gasteiger partial charge is 0.251 e. The van der Waals surface area contributed by atoms with Gasteiger partial charge in [-0.3, -0.25) is 10.2 Å². The number of aromatic amines is 1. The van der Waals surface area contributed by atoms with Crippen LogP contribution in [-0.4, -0.2) is 48.2 Å². The lowest BCUT2D eigenvalue weighted by molar-refractivity contribution is -0.129. The number of carbonyl (C=O) groups is 1. The number of para-hydroxylation sites is 1. The fourth-order valence-electron chi connectivity index (χ4n) is 2.54. The van der Waals surface area contributed by atoms with Gasteiger partial charge in [0.15, 0.2) is 0 Å². The normalized spacial score (nSPS) is 17.8. The number of rotatable bonds is 4. The first-order valence-corrected chi connectivity index (χ1v) is 7.18. The predicted molar refractivity (Wildman–Crippen MR) is 80.5 cm³/mol. The molecule has 0 aliphatic carbocycles. The molecule has 2 heterocycles. The quantitative estimate of drug-likeness (QED) is 0.760. The summed E-state index contributed by atoms with van der Waals surface area (Å²) in [4.78, 5) is 15.3. The van der Waals surface area contributed by atoms with E-state index in [4.69, 9.17) is 10.5 Å². The maximum atomic E-state index is 12.1. The van der Waals surface area contributed by atoms with Crippen LogP contribution in [0.4, 0.5) is 0 Å². The molecule has 1 saturated heterocycles. The minimum Gasteiger partial charge on any atom is -0.379 e. The van der Waals surface area contributed by atoms with Crippen LogP contribution in [0.25, 0.3) is 10.9 Å². The van der Waals surface area contributed by atoms with E-state index in [2.05, 4.69) is 10.4 Å². The average Bonchev–Trinajstić information content (AvgIpc) is 2.91. The second-order valence-corrected chi connectivity index (χ2v) is 5.25. The molecular weight excluding hydrogens is 268 g/mol. The number of amides is 1. The molecule has 1 aromatic carbocycles. The van der Waals surface area contributed by atoms with Crippen molar-refractivity contribution < 1.29 is 9.53 Å². The number of hydrogen-bond donors (Lipinski definition) is 3. The van der Waals surface area contributed by atoms with Gasteiger partial charge in [-0.2, -0.15) is 0 Å². The maximum absolute atomic E-state index is 12.1. The molecule has 0 spiro atoms. The summed E-state index contributed by atoms with van der Waals surface area (Å²) in [6.07, 6.45) is 2.44. The van der Waals surface area contributed by atoms with Crippen molar-refractivity contribution in [2.75, 3.05) is 26.3 Å². The van der Waals surface area contributed by atoms with Gasteiger partial charge in [0.25, 0.3) is 5.91 Å². The van der Waals surface area contributed by atoms with E-state index in [0.29, 0.717) is 32.7 Å². The number of benzene rings is 1. The molecule has 1 aliphatic heterocycles. The van der Waals surface area contributed by atoms with Crippen LogP contribution >= 0.6 is 0 Å². The Morgan fingerprint density at radius 3 is 2.95 bits per heavy atom. The number of carbonyl (C=O) groups excluding carboxylic acids is 1. The van der Waals surface area contributed by atoms with Gasteiger partial charge in [-0.15, -0.1) is 0 Å². The van der Waals surface area contributed by atoms with Gasteiger partial charge < -0.3 is 15.5 Å². The highest BCUT2D eigenvalue weighted by Crippen LogP contribution is 2.18. The number of nitrogens with two attached hydrogens (primary N) is 1. The zero-order valence-electron chi connectivity index (χ0n) is 11.8. The van der Waals surface area contributed by atoms with Crippen LogP contribution in [0.15, 0.2) is 30.5 Å². The molecule has 3 rings (SSSR count). The van der Waals surface area contributed by atoms with E-state index in [9.17, 15) is 4.79 Å². The highest BCUT2D eigenvalue weighted by atomic mass is 16.5. The Labute approximate surface area is 123 Å². The lowest BCUT2D eigenvalue weighted by Crippen LogP contribution is -2.53. The molecule has 0 radical (unpaired) electrons. The molecule has 2 aromatic rings. The van der Waals surface area contributed by atoms with Gasteiger partial charge in [-0.1, -0.05) is 18.2 Å². The summed E-state index contributed by atoms with van der Waals surface area (Å²) in [7, 11) is 0. The van der Waals surface area contributed by atoms with Crippen molar-refractivity contribution in [1.29, 1.82) is 0 Å². The Morgan fingerprint density at radius 2 is 2.14 bits per heavy atom. The van der Waals surface area contributed by atoms with Crippen molar-refractivity contribution in [3.8, 4) is 0 Å². The third-order valence-corrected chi connectivity index (χ3v) is 3.73. The van der Waals surface area contributed by atoms with Gasteiger partial charge >= 0.3 is 0 Å². The van der Waals surface area contributed by atoms with Crippen molar-refractivity contribution in [2.24, 2.45) is 5.73 Å². The fraction of sp³-hybridized carbons (Fsp3) is 0.400. The maximum Gasteiger partial charge on any atom is 0.251 e. The Kier molecular flexibility index (Phi) is 4.19. The zero-order chi connectivity index (χ0) is 14.7. The Hall–Kier alpha value is -1.89. The average molecular weight is 288 g/mol. The molecule has 112 valence electrons. The first kappa shape index (κ1) is 14.1. The van der Waals surface area contributed by atoms with Crippen LogP contribution < -0.4 is 11.2 Å². The fourth-order valence-corrected chi connectivity index (χ4v) is 2.54.